The van der Waals surface area contributed by atoms with E-state index in [2.05, 4.69) is 0 Å². The van der Waals surface area contributed by atoms with Gasteiger partial charge in [0.25, 0.3) is 0 Å². The van der Waals surface area contributed by atoms with Crippen molar-refractivity contribution in [3.05, 3.63) is 10.1 Å². The number of epoxide rings is 1. The van der Waals surface area contributed by atoms with Gasteiger partial charge in [0.2, 0.25) is 0 Å². The van der Waals surface area contributed by atoms with Crippen molar-refractivity contribution < 1.29 is 22.9 Å². The van der Waals surface area contributed by atoms with E-state index in [4.69, 9.17) is 28.4 Å². The molecule has 1 unspecified atom stereocenters. The van der Waals surface area contributed by atoms with E-state index in [1.54, 1.807) is 14.2 Å². The molecule has 1 aliphatic rings. The summed E-state index contributed by atoms with van der Waals surface area (Å²) in [6.45, 7) is 2.40. The van der Waals surface area contributed by atoms with Crippen molar-refractivity contribution in [1.29, 1.82) is 0 Å². The molecule has 1 saturated heterocycles. The molecule has 0 aromatic rings. The van der Waals surface area contributed by atoms with E-state index in [0.29, 0.717) is 6.10 Å². The van der Waals surface area contributed by atoms with Crippen LogP contribution in [0.4, 0.5) is 0 Å². The van der Waals surface area contributed by atoms with Crippen LogP contribution in [-0.4, -0.2) is 64.4 Å². The van der Waals surface area contributed by atoms with Crippen molar-refractivity contribution in [3.63, 3.8) is 0 Å². The second-order valence-electron chi connectivity index (χ2n) is 3.51. The minimum absolute atomic E-state index is 0.0710. The molecule has 9 heteroatoms. The van der Waals surface area contributed by atoms with Gasteiger partial charge >= 0.3 is 19.7 Å². The number of hydrogen-bond acceptors (Lipinski definition) is 6. The average Bonchev–Trinajstić information content (AvgIpc) is 3.06. The molecular weight excluding hydrogens is 262 g/mol. The Morgan fingerprint density at radius 1 is 1.53 bits per heavy atom. The topological polar surface area (TPSA) is 83.4 Å². The molecule has 0 aliphatic carbocycles. The maximum atomic E-state index is 8.87. The van der Waals surface area contributed by atoms with Crippen molar-refractivity contribution in [1.82, 2.24) is 0 Å². The molecule has 0 radical (unpaired) electrons. The van der Waals surface area contributed by atoms with Gasteiger partial charge in [0, 0.05) is 20.8 Å². The minimum Gasteiger partial charge on any atom is -0.400 e. The lowest BCUT2D eigenvalue weighted by Crippen LogP contribution is -2.19. The predicted octanol–water partition coefficient (Wildman–Crippen LogP) is -1.15. The van der Waals surface area contributed by atoms with E-state index in [0.717, 1.165) is 32.3 Å². The van der Waals surface area contributed by atoms with Gasteiger partial charge < -0.3 is 18.3 Å². The maximum Gasteiger partial charge on any atom is 0.384 e. The van der Waals surface area contributed by atoms with Crippen molar-refractivity contribution in [3.8, 4) is 0 Å². The van der Waals surface area contributed by atoms with Crippen molar-refractivity contribution in [2.75, 3.05) is 34.0 Å². The molecule has 0 spiro atoms. The summed E-state index contributed by atoms with van der Waals surface area (Å²) in [6.07, 6.45) is 1.39. The van der Waals surface area contributed by atoms with Crippen LogP contribution in [-0.2, 0) is 18.3 Å². The number of ether oxygens (including phenoxy) is 2. The van der Waals surface area contributed by atoms with Crippen LogP contribution < -0.4 is 0 Å². The van der Waals surface area contributed by atoms with Crippen LogP contribution in [0.2, 0.25) is 6.04 Å². The molecular formula is C8H21NO6Si2. The summed E-state index contributed by atoms with van der Waals surface area (Å²) in [4.78, 5) is 8.87. The molecule has 0 aromatic carbocycles. The third-order valence-corrected chi connectivity index (χ3v) is 3.89. The SMILES string of the molecule is CO[SiH](CCCOCC1CO1)OC.O=[N+]([O-])[SiH3]. The van der Waals surface area contributed by atoms with Gasteiger partial charge in [-0.3, -0.25) is 10.1 Å². The van der Waals surface area contributed by atoms with E-state index < -0.39 is 9.28 Å². The molecule has 17 heavy (non-hydrogen) atoms. The summed E-state index contributed by atoms with van der Waals surface area (Å²) in [6, 6.07) is 1.01. The largest absolute Gasteiger partial charge is 0.400 e. The molecule has 1 aliphatic heterocycles. The fraction of sp³-hybridized carbons (Fsp3) is 1.00. The van der Waals surface area contributed by atoms with Gasteiger partial charge in [-0.05, 0) is 12.5 Å². The van der Waals surface area contributed by atoms with Crippen LogP contribution in [0, 0.1) is 10.1 Å². The van der Waals surface area contributed by atoms with Crippen LogP contribution in [0.25, 0.3) is 0 Å². The Labute approximate surface area is 106 Å². The standard InChI is InChI=1S/C8H18O4Si.H3NO2Si/c1-9-13(10-2)5-3-4-11-6-8-7-12-8;2-1(3)4/h8,13H,3-7H2,1-2H3;4H3. The molecule has 0 amide bonds. The molecule has 1 heterocycles. The first-order valence-corrected chi connectivity index (χ1v) is 8.08. The van der Waals surface area contributed by atoms with Crippen LogP contribution in [0.5, 0.6) is 0 Å². The number of hydrogen-bond donors (Lipinski definition) is 0. The van der Waals surface area contributed by atoms with E-state index in [9.17, 15) is 0 Å². The Bertz CT molecular complexity index is 196. The first kappa shape index (κ1) is 16.7. The third kappa shape index (κ3) is 13.6. The van der Waals surface area contributed by atoms with Crippen LogP contribution in [0.3, 0.4) is 0 Å². The first-order chi connectivity index (χ1) is 8.10. The Hall–Kier alpha value is -0.326. The zero-order valence-electron chi connectivity index (χ0n) is 10.6. The maximum absolute atomic E-state index is 8.87. The molecule has 1 fully saturated rings. The minimum atomic E-state index is -1.35. The fourth-order valence-electron chi connectivity index (χ4n) is 1.06. The lowest BCUT2D eigenvalue weighted by atomic mass is 10.5. The van der Waals surface area contributed by atoms with Gasteiger partial charge in [-0.2, -0.15) is 0 Å². The molecule has 1 rings (SSSR count). The highest BCUT2D eigenvalue weighted by Gasteiger charge is 2.22. The molecule has 7 nitrogen and oxygen atoms in total. The lowest BCUT2D eigenvalue weighted by molar-refractivity contribution is -0.312. The van der Waals surface area contributed by atoms with Gasteiger partial charge in [0.15, 0.2) is 0 Å². The first-order valence-electron chi connectivity index (χ1n) is 5.43. The fourth-order valence-corrected chi connectivity index (χ4v) is 2.23. The summed E-state index contributed by atoms with van der Waals surface area (Å²) in [5.41, 5.74) is 0. The highest BCUT2D eigenvalue weighted by Crippen LogP contribution is 2.09. The second-order valence-corrected chi connectivity index (χ2v) is 6.62. The lowest BCUT2D eigenvalue weighted by Gasteiger charge is -2.10. The molecule has 0 aromatic heterocycles. The van der Waals surface area contributed by atoms with E-state index >= 15 is 0 Å². The van der Waals surface area contributed by atoms with Gasteiger partial charge in [-0.25, -0.2) is 0 Å². The molecule has 0 bridgehead atoms. The molecule has 102 valence electrons. The number of nitro groups is 1. The molecule has 0 saturated carbocycles. The van der Waals surface area contributed by atoms with Gasteiger partial charge in [-0.15, -0.1) is 0 Å². The van der Waals surface area contributed by atoms with Crippen LogP contribution >= 0.6 is 0 Å². The van der Waals surface area contributed by atoms with Crippen molar-refractivity contribution >= 4 is 19.7 Å². The number of rotatable bonds is 8. The highest BCUT2D eigenvalue weighted by atomic mass is 28.3. The van der Waals surface area contributed by atoms with Crippen molar-refractivity contribution in [2.45, 2.75) is 18.6 Å². The zero-order valence-corrected chi connectivity index (χ0v) is 13.7. The predicted molar refractivity (Wildman–Crippen MR) is 68.1 cm³/mol. The van der Waals surface area contributed by atoms with Gasteiger partial charge in [0.1, 0.15) is 6.10 Å². The molecule has 1 atom stereocenters. The quantitative estimate of drug-likeness (QED) is 0.184. The average molecular weight is 283 g/mol. The smallest absolute Gasteiger partial charge is 0.384 e. The summed E-state index contributed by atoms with van der Waals surface area (Å²) in [7, 11) is 2.13. The Kier molecular flexibility index (Phi) is 10.6. The summed E-state index contributed by atoms with van der Waals surface area (Å²) in [5.74, 6) is 0. The molecule has 0 N–H and O–H groups in total. The van der Waals surface area contributed by atoms with Gasteiger partial charge in [-0.1, -0.05) is 4.59 Å². The monoisotopic (exact) mass is 283 g/mol. The third-order valence-electron chi connectivity index (χ3n) is 1.96. The summed E-state index contributed by atoms with van der Waals surface area (Å²) in [5, 5.41) is 8.87. The zero-order chi connectivity index (χ0) is 13.1. The van der Waals surface area contributed by atoms with E-state index in [1.165, 1.54) is 0 Å². The Morgan fingerprint density at radius 3 is 2.47 bits per heavy atom. The Morgan fingerprint density at radius 2 is 2.06 bits per heavy atom. The number of nitrogens with zero attached hydrogens (tertiary/aromatic N) is 1. The summed E-state index contributed by atoms with van der Waals surface area (Å²) >= 11 is 0. The van der Waals surface area contributed by atoms with Crippen LogP contribution in [0.1, 0.15) is 6.42 Å². The summed E-state index contributed by atoms with van der Waals surface area (Å²) < 4.78 is 20.4. The van der Waals surface area contributed by atoms with Crippen molar-refractivity contribution in [2.24, 2.45) is 0 Å². The highest BCUT2D eigenvalue weighted by molar-refractivity contribution is 6.44. The van der Waals surface area contributed by atoms with Gasteiger partial charge in [0.05, 0.1) is 13.2 Å². The van der Waals surface area contributed by atoms with E-state index in [-0.39, 0.29) is 15.0 Å². The van der Waals surface area contributed by atoms with E-state index in [1.807, 2.05) is 0 Å². The Balaban J connectivity index is 0.000000557. The van der Waals surface area contributed by atoms with Crippen LogP contribution in [0.15, 0.2) is 0 Å². The normalized spacial score (nSPS) is 17.7. The second kappa shape index (κ2) is 10.8.